The van der Waals surface area contributed by atoms with Crippen LogP contribution in [0.3, 0.4) is 0 Å². The van der Waals surface area contributed by atoms with Crippen LogP contribution in [-0.2, 0) is 0 Å². The lowest BCUT2D eigenvalue weighted by Crippen LogP contribution is -2.44. The number of H-pyrrole nitrogens is 1. The average molecular weight is 271 g/mol. The highest BCUT2D eigenvalue weighted by atomic mass is 16.5. The van der Waals surface area contributed by atoms with Gasteiger partial charge >= 0.3 is 0 Å². The Balaban J connectivity index is 2.00. The van der Waals surface area contributed by atoms with E-state index < -0.39 is 0 Å². The highest BCUT2D eigenvalue weighted by Gasteiger charge is 2.22. The number of piperazine rings is 1. The van der Waals surface area contributed by atoms with Crippen molar-refractivity contribution in [1.82, 2.24) is 15.2 Å². The zero-order chi connectivity index (χ0) is 13.9. The number of aromatic amines is 1. The Hall–Kier alpha value is -1.78. The monoisotopic (exact) mass is 271 g/mol. The van der Waals surface area contributed by atoms with Crippen molar-refractivity contribution in [2.45, 2.75) is 6.04 Å². The Kier molecular flexibility index (Phi) is 3.76. The highest BCUT2D eigenvalue weighted by molar-refractivity contribution is 5.85. The third kappa shape index (κ3) is 2.32. The Bertz CT molecular complexity index is 599. The predicted molar refractivity (Wildman–Crippen MR) is 82.2 cm³/mol. The Morgan fingerprint density at radius 1 is 1.35 bits per heavy atom. The van der Waals surface area contributed by atoms with E-state index in [1.54, 1.807) is 7.11 Å². The molecule has 1 aliphatic rings. The second-order valence-corrected chi connectivity index (χ2v) is 5.12. The summed E-state index contributed by atoms with van der Waals surface area (Å²) < 4.78 is 5.34. The molecular formula is C16H21N3O. The Morgan fingerprint density at radius 3 is 2.85 bits per heavy atom. The van der Waals surface area contributed by atoms with Crippen LogP contribution in [-0.4, -0.2) is 43.2 Å². The predicted octanol–water partition coefficient (Wildman–Crippen LogP) is 2.31. The number of nitrogens with zero attached hydrogens (tertiary/aromatic N) is 1. The summed E-state index contributed by atoms with van der Waals surface area (Å²) in [7, 11) is 1.70. The van der Waals surface area contributed by atoms with Crippen LogP contribution in [0, 0.1) is 0 Å². The van der Waals surface area contributed by atoms with Crippen LogP contribution in [0.5, 0.6) is 5.75 Å². The number of ether oxygens (including phenoxy) is 1. The van der Waals surface area contributed by atoms with Gasteiger partial charge in [-0.05, 0) is 23.8 Å². The summed E-state index contributed by atoms with van der Waals surface area (Å²) in [4.78, 5) is 5.81. The molecule has 4 heteroatoms. The Labute approximate surface area is 119 Å². The molecule has 0 bridgehead atoms. The van der Waals surface area contributed by atoms with E-state index in [9.17, 15) is 0 Å². The molecule has 1 fully saturated rings. The highest BCUT2D eigenvalue weighted by Crippen LogP contribution is 2.31. The molecule has 0 saturated carbocycles. The van der Waals surface area contributed by atoms with Gasteiger partial charge in [-0.2, -0.15) is 0 Å². The molecule has 1 aliphatic heterocycles. The molecule has 4 nitrogen and oxygen atoms in total. The van der Waals surface area contributed by atoms with Crippen molar-refractivity contribution in [3.05, 3.63) is 42.6 Å². The maximum absolute atomic E-state index is 5.34. The van der Waals surface area contributed by atoms with Gasteiger partial charge in [-0.1, -0.05) is 6.08 Å². The smallest absolute Gasteiger partial charge is 0.119 e. The van der Waals surface area contributed by atoms with Crippen molar-refractivity contribution in [2.75, 3.05) is 33.3 Å². The molecule has 2 heterocycles. The minimum absolute atomic E-state index is 0.248. The fourth-order valence-corrected chi connectivity index (χ4v) is 2.93. The summed E-state index contributed by atoms with van der Waals surface area (Å²) in [5.74, 6) is 0.890. The van der Waals surface area contributed by atoms with E-state index in [1.165, 1.54) is 10.9 Å². The van der Waals surface area contributed by atoms with Crippen LogP contribution >= 0.6 is 0 Å². The average Bonchev–Trinajstić information content (AvgIpc) is 2.92. The first-order valence-electron chi connectivity index (χ1n) is 7.06. The van der Waals surface area contributed by atoms with Crippen molar-refractivity contribution < 1.29 is 4.74 Å². The van der Waals surface area contributed by atoms with Crippen LogP contribution in [0.2, 0.25) is 0 Å². The normalized spacial score (nSPS) is 18.1. The third-order valence-corrected chi connectivity index (χ3v) is 4.01. The van der Waals surface area contributed by atoms with Gasteiger partial charge in [-0.3, -0.25) is 4.90 Å². The van der Waals surface area contributed by atoms with Gasteiger partial charge in [0.2, 0.25) is 0 Å². The molecule has 3 rings (SSSR count). The lowest BCUT2D eigenvalue weighted by atomic mass is 10.0. The van der Waals surface area contributed by atoms with Crippen LogP contribution in [0.1, 0.15) is 11.6 Å². The van der Waals surface area contributed by atoms with E-state index in [2.05, 4.69) is 40.1 Å². The standard InChI is InChI=1S/C16H21N3O/c1-3-16(19-8-6-17-7-9-19)14-11-18-15-5-4-12(20-2)10-13(14)15/h3-5,10-11,16-18H,1,6-9H2,2H3/t16-/m0/s1. The summed E-state index contributed by atoms with van der Waals surface area (Å²) in [6.07, 6.45) is 4.13. The van der Waals surface area contributed by atoms with Crippen LogP contribution < -0.4 is 10.1 Å². The van der Waals surface area contributed by atoms with Gasteiger partial charge in [-0.25, -0.2) is 0 Å². The first-order valence-corrected chi connectivity index (χ1v) is 7.06. The van der Waals surface area contributed by atoms with Crippen LogP contribution in [0.25, 0.3) is 10.9 Å². The minimum atomic E-state index is 0.248. The number of rotatable bonds is 4. The molecule has 2 aromatic rings. The van der Waals surface area contributed by atoms with E-state index in [4.69, 9.17) is 4.74 Å². The number of fused-ring (bicyclic) bond motifs is 1. The van der Waals surface area contributed by atoms with Crippen LogP contribution in [0.15, 0.2) is 37.1 Å². The first kappa shape index (κ1) is 13.2. The first-order chi connectivity index (χ1) is 9.83. The summed E-state index contributed by atoms with van der Waals surface area (Å²) in [5, 5.41) is 4.61. The molecule has 1 aromatic heterocycles. The van der Waals surface area contributed by atoms with Crippen molar-refractivity contribution in [1.29, 1.82) is 0 Å². The van der Waals surface area contributed by atoms with Gasteiger partial charge in [-0.15, -0.1) is 6.58 Å². The fraction of sp³-hybridized carbons (Fsp3) is 0.375. The zero-order valence-electron chi connectivity index (χ0n) is 11.9. The quantitative estimate of drug-likeness (QED) is 0.838. The minimum Gasteiger partial charge on any atom is -0.497 e. The maximum Gasteiger partial charge on any atom is 0.119 e. The fourth-order valence-electron chi connectivity index (χ4n) is 2.93. The summed E-state index contributed by atoms with van der Waals surface area (Å²) >= 11 is 0. The van der Waals surface area contributed by atoms with Crippen molar-refractivity contribution in [2.24, 2.45) is 0 Å². The van der Waals surface area contributed by atoms with E-state index in [-0.39, 0.29) is 6.04 Å². The number of benzene rings is 1. The van der Waals surface area contributed by atoms with Crippen molar-refractivity contribution >= 4 is 10.9 Å². The second-order valence-electron chi connectivity index (χ2n) is 5.12. The molecule has 20 heavy (non-hydrogen) atoms. The lowest BCUT2D eigenvalue weighted by molar-refractivity contribution is 0.204. The van der Waals surface area contributed by atoms with Crippen molar-refractivity contribution in [3.63, 3.8) is 0 Å². The molecule has 1 atom stereocenters. The van der Waals surface area contributed by atoms with E-state index in [0.29, 0.717) is 0 Å². The number of hydrogen-bond acceptors (Lipinski definition) is 3. The molecule has 1 saturated heterocycles. The number of methoxy groups -OCH3 is 1. The maximum atomic E-state index is 5.34. The number of nitrogens with one attached hydrogen (secondary N) is 2. The van der Waals surface area contributed by atoms with Gasteiger partial charge in [0, 0.05) is 43.3 Å². The van der Waals surface area contributed by atoms with E-state index in [0.717, 1.165) is 37.4 Å². The largest absolute Gasteiger partial charge is 0.497 e. The number of aromatic nitrogens is 1. The topological polar surface area (TPSA) is 40.3 Å². The molecule has 2 N–H and O–H groups in total. The Morgan fingerprint density at radius 2 is 2.15 bits per heavy atom. The molecule has 0 amide bonds. The molecule has 0 unspecified atom stereocenters. The third-order valence-electron chi connectivity index (χ3n) is 4.01. The SMILES string of the molecule is C=C[C@@H](c1c[nH]c2ccc(OC)cc12)N1CCNCC1. The molecule has 1 aromatic carbocycles. The molecule has 106 valence electrons. The van der Waals surface area contributed by atoms with Gasteiger partial charge in [0.15, 0.2) is 0 Å². The molecule has 0 aliphatic carbocycles. The lowest BCUT2D eigenvalue weighted by Gasteiger charge is -2.33. The van der Waals surface area contributed by atoms with Gasteiger partial charge in [0.05, 0.1) is 13.2 Å². The molecule has 0 spiro atoms. The van der Waals surface area contributed by atoms with E-state index in [1.807, 2.05) is 12.1 Å². The van der Waals surface area contributed by atoms with Gasteiger partial charge in [0.25, 0.3) is 0 Å². The number of hydrogen-bond donors (Lipinski definition) is 2. The zero-order valence-corrected chi connectivity index (χ0v) is 11.9. The van der Waals surface area contributed by atoms with E-state index >= 15 is 0 Å². The van der Waals surface area contributed by atoms with Crippen LogP contribution in [0.4, 0.5) is 0 Å². The van der Waals surface area contributed by atoms with Crippen molar-refractivity contribution in [3.8, 4) is 5.75 Å². The molecular weight excluding hydrogens is 250 g/mol. The van der Waals surface area contributed by atoms with Gasteiger partial charge in [0.1, 0.15) is 5.75 Å². The summed E-state index contributed by atoms with van der Waals surface area (Å²) in [6, 6.07) is 6.39. The van der Waals surface area contributed by atoms with Gasteiger partial charge < -0.3 is 15.0 Å². The second kappa shape index (κ2) is 5.69. The summed E-state index contributed by atoms with van der Waals surface area (Å²) in [6.45, 7) is 8.21. The molecule has 0 radical (unpaired) electrons. The summed E-state index contributed by atoms with van der Waals surface area (Å²) in [5.41, 5.74) is 2.42.